The first-order valence-electron chi connectivity index (χ1n) is 28.9. The molecule has 10 nitrogen and oxygen atoms in total. The van der Waals surface area contributed by atoms with Gasteiger partial charge in [0.25, 0.3) is 0 Å². The normalized spacial score (nSPS) is 30.0. The van der Waals surface area contributed by atoms with E-state index in [-0.39, 0.29) is 28.0 Å². The maximum atomic E-state index is 6.13. The molecule has 15 heteroatoms. The predicted octanol–water partition coefficient (Wildman–Crippen LogP) is 10.6. The summed E-state index contributed by atoms with van der Waals surface area (Å²) >= 11 is 9.87. The molecule has 0 saturated carbocycles. The average molecular weight is 1120 g/mol. The summed E-state index contributed by atoms with van der Waals surface area (Å²) in [5.74, 6) is 0. The van der Waals surface area contributed by atoms with E-state index in [1.807, 2.05) is 56.7 Å². The summed E-state index contributed by atoms with van der Waals surface area (Å²) in [5, 5.41) is 17.2. The quantitative estimate of drug-likeness (QED) is 0.120. The summed E-state index contributed by atoms with van der Waals surface area (Å²) in [6.07, 6.45) is 17.3. The summed E-state index contributed by atoms with van der Waals surface area (Å²) in [7, 11) is 0. The summed E-state index contributed by atoms with van der Waals surface area (Å²) in [5.41, 5.74) is 7.51. The first-order valence-corrected chi connectivity index (χ1v) is 33.0. The standard InChI is InChI=1S/C13H19NOS.3C12H17NOS.C11H15NOS/c1-2-10-8-11-12(16-10)4-7-15-13(11)5-3-6-14-9-13;1-9-7-10-11(15-9)3-6-14-12(10)4-2-5-13-8-12;2*1-2-9-7-10-11(15-9)3-6-14-12(10)4-5-13-8-12;1-8-6-9-10(14-8)2-5-13-11(9)3-4-12-7-11/h8,14H,2-7,9H2,1H3;3*7,13H,2-6,8H2,1H3;6,12H,2-5,7H2,1H3/t;;2*12-;/m..10./s1. The number of thiophene rings is 5. The van der Waals surface area contributed by atoms with E-state index < -0.39 is 0 Å². The van der Waals surface area contributed by atoms with Gasteiger partial charge in [-0.25, -0.2) is 0 Å². The number of ether oxygens (including phenoxy) is 5. The van der Waals surface area contributed by atoms with Crippen LogP contribution in [0.15, 0.2) is 30.3 Å². The highest BCUT2D eigenvalue weighted by Crippen LogP contribution is 2.46. The molecule has 5 saturated heterocycles. The van der Waals surface area contributed by atoms with E-state index in [1.165, 1.54) is 77.9 Å². The van der Waals surface area contributed by atoms with Gasteiger partial charge in [-0.1, -0.05) is 20.8 Å². The van der Waals surface area contributed by atoms with Crippen LogP contribution in [0.25, 0.3) is 0 Å². The maximum Gasteiger partial charge on any atom is 0.108 e. The van der Waals surface area contributed by atoms with Crippen LogP contribution in [-0.4, -0.2) is 98.5 Å². The number of nitrogens with one attached hydrogen (secondary N) is 5. The lowest BCUT2D eigenvalue weighted by molar-refractivity contribution is -0.0740. The van der Waals surface area contributed by atoms with Crippen LogP contribution in [0, 0.1) is 13.8 Å². The van der Waals surface area contributed by atoms with E-state index in [1.54, 1.807) is 24.4 Å². The molecule has 15 heterocycles. The van der Waals surface area contributed by atoms with Gasteiger partial charge >= 0.3 is 0 Å². The molecule has 5 aromatic heterocycles. The topological polar surface area (TPSA) is 106 Å². The Hall–Kier alpha value is -1.90. The third-order valence-corrected chi connectivity index (χ3v) is 23.8. The van der Waals surface area contributed by atoms with Gasteiger partial charge in [0.1, 0.15) is 28.0 Å². The van der Waals surface area contributed by atoms with Gasteiger partial charge in [0, 0.05) is 114 Å². The number of hydrogen-bond donors (Lipinski definition) is 5. The fourth-order valence-electron chi connectivity index (χ4n) is 13.6. The van der Waals surface area contributed by atoms with Crippen molar-refractivity contribution in [3.05, 3.63) is 107 Å². The highest BCUT2D eigenvalue weighted by molar-refractivity contribution is 7.13. The fraction of sp³-hybridized carbons (Fsp3) is 0.667. The molecule has 5 N–H and O–H groups in total. The van der Waals surface area contributed by atoms with Crippen LogP contribution in [0.4, 0.5) is 0 Å². The zero-order valence-corrected chi connectivity index (χ0v) is 49.8. The monoisotopic (exact) mass is 1120 g/mol. The van der Waals surface area contributed by atoms with E-state index in [2.05, 4.69) is 91.5 Å². The summed E-state index contributed by atoms with van der Waals surface area (Å²) < 4.78 is 30.3. The molecule has 410 valence electrons. The van der Waals surface area contributed by atoms with Crippen LogP contribution in [0.2, 0.25) is 0 Å². The number of rotatable bonds is 3. The summed E-state index contributed by atoms with van der Waals surface area (Å²) in [4.78, 5) is 15.2. The van der Waals surface area contributed by atoms with Crippen LogP contribution in [0.3, 0.4) is 0 Å². The van der Waals surface area contributed by atoms with E-state index in [0.29, 0.717) is 0 Å². The van der Waals surface area contributed by atoms with Crippen LogP contribution >= 0.6 is 56.7 Å². The lowest BCUT2D eigenvalue weighted by atomic mass is 9.84. The van der Waals surface area contributed by atoms with Crippen molar-refractivity contribution < 1.29 is 23.7 Å². The third kappa shape index (κ3) is 11.4. The van der Waals surface area contributed by atoms with E-state index in [9.17, 15) is 0 Å². The van der Waals surface area contributed by atoms with Crippen molar-refractivity contribution >= 4 is 56.7 Å². The van der Waals surface area contributed by atoms with Gasteiger partial charge in [-0.2, -0.15) is 0 Å². The second-order valence-electron chi connectivity index (χ2n) is 22.4. The van der Waals surface area contributed by atoms with Gasteiger partial charge in [0.05, 0.1) is 33.0 Å². The molecule has 5 spiro atoms. The molecule has 10 aliphatic heterocycles. The molecular formula is C60H85N5O5S5. The van der Waals surface area contributed by atoms with Crippen molar-refractivity contribution in [3.63, 3.8) is 0 Å². The molecule has 0 amide bonds. The van der Waals surface area contributed by atoms with Crippen molar-refractivity contribution in [1.29, 1.82) is 0 Å². The third-order valence-electron chi connectivity index (χ3n) is 17.5. The molecule has 75 heavy (non-hydrogen) atoms. The smallest absolute Gasteiger partial charge is 0.108 e. The van der Waals surface area contributed by atoms with Gasteiger partial charge in [-0.15, -0.1) is 56.7 Å². The molecular weight excluding hydrogens is 1030 g/mol. The molecule has 10 aliphatic rings. The zero-order valence-electron chi connectivity index (χ0n) is 45.7. The first-order chi connectivity index (χ1) is 36.6. The zero-order chi connectivity index (χ0) is 51.5. The van der Waals surface area contributed by atoms with Crippen molar-refractivity contribution in [2.24, 2.45) is 0 Å². The Kier molecular flexibility index (Phi) is 17.6. The predicted molar refractivity (Wildman–Crippen MR) is 313 cm³/mol. The molecule has 0 radical (unpaired) electrons. The lowest BCUT2D eigenvalue weighted by Gasteiger charge is -2.40. The highest BCUT2D eigenvalue weighted by Gasteiger charge is 2.45. The van der Waals surface area contributed by atoms with Gasteiger partial charge in [-0.3, -0.25) is 0 Å². The molecule has 5 aromatic rings. The van der Waals surface area contributed by atoms with Crippen LogP contribution in [0.1, 0.15) is 142 Å². The lowest BCUT2D eigenvalue weighted by Crippen LogP contribution is -2.47. The number of fused-ring (bicyclic) bond motifs is 10. The molecule has 0 aromatic carbocycles. The Morgan fingerprint density at radius 3 is 0.893 bits per heavy atom. The van der Waals surface area contributed by atoms with Gasteiger partial charge in [0.2, 0.25) is 0 Å². The average Bonchev–Trinajstić information content (AvgIpc) is 4.30. The second-order valence-corrected chi connectivity index (χ2v) is 28.7. The molecule has 0 aliphatic carbocycles. The Bertz CT molecular complexity index is 2600. The minimum Gasteiger partial charge on any atom is -0.369 e. The van der Waals surface area contributed by atoms with Crippen LogP contribution in [0.5, 0.6) is 0 Å². The molecule has 5 fully saturated rings. The molecule has 15 rings (SSSR count). The first kappa shape index (κ1) is 55.0. The van der Waals surface area contributed by atoms with E-state index in [4.69, 9.17) is 23.7 Å². The second kappa shape index (κ2) is 24.1. The minimum atomic E-state index is 0.00968. The number of hydrogen-bond acceptors (Lipinski definition) is 15. The Labute approximate surface area is 468 Å². The number of aryl methyl sites for hydroxylation is 5. The molecule has 3 unspecified atom stereocenters. The summed E-state index contributed by atoms with van der Waals surface area (Å²) in [6, 6.07) is 11.8. The van der Waals surface area contributed by atoms with Gasteiger partial charge in [-0.05, 0) is 169 Å². The van der Waals surface area contributed by atoms with Gasteiger partial charge in [0.15, 0.2) is 0 Å². The van der Waals surface area contributed by atoms with Crippen molar-refractivity contribution in [2.75, 3.05) is 98.5 Å². The maximum absolute atomic E-state index is 6.13. The Balaban J connectivity index is 0.000000100. The molecule has 5 atom stereocenters. The minimum absolute atomic E-state index is 0.00968. The Morgan fingerprint density at radius 2 is 0.627 bits per heavy atom. The van der Waals surface area contributed by atoms with Crippen molar-refractivity contribution in [2.45, 2.75) is 159 Å². The van der Waals surface area contributed by atoms with Crippen molar-refractivity contribution in [1.82, 2.24) is 26.6 Å². The molecule has 0 bridgehead atoms. The van der Waals surface area contributed by atoms with E-state index in [0.717, 1.165) is 169 Å². The van der Waals surface area contributed by atoms with Crippen LogP contribution in [-0.2, 0) is 103 Å². The van der Waals surface area contributed by atoms with Gasteiger partial charge < -0.3 is 50.3 Å². The summed E-state index contributed by atoms with van der Waals surface area (Å²) in [6.45, 7) is 26.2. The van der Waals surface area contributed by atoms with Crippen LogP contribution < -0.4 is 26.6 Å². The largest absolute Gasteiger partial charge is 0.369 e. The number of piperidine rings is 2. The van der Waals surface area contributed by atoms with E-state index >= 15 is 0 Å². The Morgan fingerprint density at radius 1 is 0.360 bits per heavy atom. The fourth-order valence-corrected chi connectivity index (χ4v) is 19.3. The van der Waals surface area contributed by atoms with Crippen molar-refractivity contribution in [3.8, 4) is 0 Å². The highest BCUT2D eigenvalue weighted by atomic mass is 32.1. The SMILES string of the molecule is CCc1cc2c(s1)CCOC21CCCNC1.CCc1cc2c(s1)CCO[C@@]21CCNC1.CCc1cc2c(s1)CCO[C@]21CCNC1.Cc1cc2c(s1)CCOC21CCCNC1.Cc1cc2c(s1)CCOC21CCNC1.